The molecule has 1 aromatic heterocycles. The molecule has 1 saturated heterocycles. The Balaban J connectivity index is 1.62. The third-order valence-electron chi connectivity index (χ3n) is 4.70. The zero-order valence-electron chi connectivity index (χ0n) is 16.5. The number of hydrogen-bond donors (Lipinski definition) is 1. The monoisotopic (exact) mass is 425 g/mol. The number of hydrogen-bond acceptors (Lipinski definition) is 6. The molecule has 2 aromatic rings. The molecule has 0 radical (unpaired) electrons. The molecule has 1 aliphatic rings. The van der Waals surface area contributed by atoms with Crippen LogP contribution in [0.25, 0.3) is 0 Å². The minimum atomic E-state index is -3.11. The predicted octanol–water partition coefficient (Wildman–Crippen LogP) is 3.50. The van der Waals surface area contributed by atoms with Crippen LogP contribution < -0.4 is 14.4 Å². The molecule has 0 amide bonds. The normalized spacial score (nSPS) is 17.6. The Morgan fingerprint density at radius 2 is 2.03 bits per heavy atom. The minimum absolute atomic E-state index is 0.0313. The SMILES string of the molecule is CC(C(=O)O)c1ccc(O[C@@H]2CCN(c3ncnc(OCC(C)(F)F)c3F)C2)cc1. The number of anilines is 1. The van der Waals surface area contributed by atoms with E-state index in [1.807, 2.05) is 0 Å². The zero-order chi connectivity index (χ0) is 21.9. The minimum Gasteiger partial charge on any atom is -0.489 e. The Morgan fingerprint density at radius 3 is 2.67 bits per heavy atom. The molecule has 1 unspecified atom stereocenters. The fourth-order valence-electron chi connectivity index (χ4n) is 3.05. The Hall–Kier alpha value is -3.04. The molecular weight excluding hydrogens is 403 g/mol. The first-order valence-corrected chi connectivity index (χ1v) is 9.39. The summed E-state index contributed by atoms with van der Waals surface area (Å²) in [4.78, 5) is 20.2. The molecule has 0 aliphatic carbocycles. The van der Waals surface area contributed by atoms with E-state index in [0.717, 1.165) is 6.33 Å². The standard InChI is InChI=1S/C20H22F3N3O4/c1-12(19(27)28)13-3-5-14(6-4-13)30-15-7-8-26(9-15)17-16(21)18(25-11-24-17)29-10-20(2,22)23/h3-6,11-12,15H,7-10H2,1-2H3,(H,27,28)/t12?,15-/m1/s1. The van der Waals surface area contributed by atoms with E-state index < -0.39 is 36.1 Å². The number of carboxylic acid groups (broad SMARTS) is 1. The van der Waals surface area contributed by atoms with E-state index in [1.165, 1.54) is 0 Å². The van der Waals surface area contributed by atoms with E-state index in [0.29, 0.717) is 37.7 Å². The number of halogens is 3. The second-order valence-corrected chi connectivity index (χ2v) is 7.28. The number of aliphatic carboxylic acids is 1. The number of carbonyl (C=O) groups is 1. The fourth-order valence-corrected chi connectivity index (χ4v) is 3.05. The molecule has 1 N–H and O–H groups in total. The first-order chi connectivity index (χ1) is 14.1. The maximum Gasteiger partial charge on any atom is 0.310 e. The molecule has 0 spiro atoms. The fraction of sp³-hybridized carbons (Fsp3) is 0.450. The lowest BCUT2D eigenvalue weighted by atomic mass is 10.0. The van der Waals surface area contributed by atoms with Crippen molar-refractivity contribution >= 4 is 11.8 Å². The highest BCUT2D eigenvalue weighted by Crippen LogP contribution is 2.29. The summed E-state index contributed by atoms with van der Waals surface area (Å²) in [5, 5.41) is 9.06. The number of benzene rings is 1. The smallest absolute Gasteiger partial charge is 0.310 e. The van der Waals surface area contributed by atoms with Crippen molar-refractivity contribution in [1.82, 2.24) is 9.97 Å². The van der Waals surface area contributed by atoms with Crippen LogP contribution in [0.2, 0.25) is 0 Å². The lowest BCUT2D eigenvalue weighted by Crippen LogP contribution is -2.27. The van der Waals surface area contributed by atoms with Gasteiger partial charge in [0.25, 0.3) is 11.8 Å². The maximum atomic E-state index is 14.6. The number of rotatable bonds is 8. The number of alkyl halides is 2. The first-order valence-electron chi connectivity index (χ1n) is 9.39. The van der Waals surface area contributed by atoms with Gasteiger partial charge >= 0.3 is 5.97 Å². The Labute approximate surface area is 171 Å². The highest BCUT2D eigenvalue weighted by molar-refractivity contribution is 5.75. The summed E-state index contributed by atoms with van der Waals surface area (Å²) in [5.74, 6) is -5.51. The van der Waals surface area contributed by atoms with Gasteiger partial charge in [-0.15, -0.1) is 0 Å². The van der Waals surface area contributed by atoms with Crippen LogP contribution in [0.4, 0.5) is 19.0 Å². The van der Waals surface area contributed by atoms with E-state index in [9.17, 15) is 18.0 Å². The highest BCUT2D eigenvalue weighted by atomic mass is 19.3. The van der Waals surface area contributed by atoms with Gasteiger partial charge in [0.1, 0.15) is 18.2 Å². The van der Waals surface area contributed by atoms with Crippen LogP contribution in [0.5, 0.6) is 11.6 Å². The van der Waals surface area contributed by atoms with Gasteiger partial charge in [-0.3, -0.25) is 4.79 Å². The number of aromatic nitrogens is 2. The van der Waals surface area contributed by atoms with Crippen molar-refractivity contribution in [3.8, 4) is 11.6 Å². The van der Waals surface area contributed by atoms with E-state index in [1.54, 1.807) is 36.1 Å². The Morgan fingerprint density at radius 1 is 1.33 bits per heavy atom. The summed E-state index contributed by atoms with van der Waals surface area (Å²) >= 11 is 0. The van der Waals surface area contributed by atoms with E-state index in [4.69, 9.17) is 14.6 Å². The lowest BCUT2D eigenvalue weighted by molar-refractivity contribution is -0.138. The summed E-state index contributed by atoms with van der Waals surface area (Å²) < 4.78 is 51.2. The van der Waals surface area contributed by atoms with Crippen molar-refractivity contribution in [3.05, 3.63) is 42.0 Å². The molecular formula is C20H22F3N3O4. The highest BCUT2D eigenvalue weighted by Gasteiger charge is 2.30. The molecule has 30 heavy (non-hydrogen) atoms. The van der Waals surface area contributed by atoms with Crippen molar-refractivity contribution in [1.29, 1.82) is 0 Å². The molecule has 10 heteroatoms. The Bertz CT molecular complexity index is 890. The van der Waals surface area contributed by atoms with Crippen LogP contribution >= 0.6 is 0 Å². The molecule has 162 valence electrons. The number of nitrogens with zero attached hydrogens (tertiary/aromatic N) is 3. The summed E-state index contributed by atoms with van der Waals surface area (Å²) in [7, 11) is 0. The van der Waals surface area contributed by atoms with Crippen LogP contribution in [0.3, 0.4) is 0 Å². The quantitative estimate of drug-likeness (QED) is 0.693. The van der Waals surface area contributed by atoms with Gasteiger partial charge in [0.05, 0.1) is 12.5 Å². The van der Waals surface area contributed by atoms with E-state index in [2.05, 4.69) is 9.97 Å². The molecule has 3 rings (SSSR count). The van der Waals surface area contributed by atoms with Gasteiger partial charge in [-0.05, 0) is 24.6 Å². The number of ether oxygens (including phenoxy) is 2. The predicted molar refractivity (Wildman–Crippen MR) is 102 cm³/mol. The molecule has 0 saturated carbocycles. The van der Waals surface area contributed by atoms with Crippen LogP contribution in [0.1, 0.15) is 31.7 Å². The van der Waals surface area contributed by atoms with Crippen molar-refractivity contribution in [3.63, 3.8) is 0 Å². The third kappa shape index (κ3) is 5.31. The zero-order valence-corrected chi connectivity index (χ0v) is 16.5. The van der Waals surface area contributed by atoms with Crippen molar-refractivity contribution in [2.24, 2.45) is 0 Å². The molecule has 7 nitrogen and oxygen atoms in total. The molecule has 2 heterocycles. The second-order valence-electron chi connectivity index (χ2n) is 7.28. The molecule has 1 fully saturated rings. The van der Waals surface area contributed by atoms with Crippen molar-refractivity contribution in [2.75, 3.05) is 24.6 Å². The van der Waals surface area contributed by atoms with Gasteiger partial charge in [0.2, 0.25) is 5.82 Å². The Kier molecular flexibility index (Phi) is 6.33. The summed E-state index contributed by atoms with van der Waals surface area (Å²) in [6.45, 7) is 2.08. The second kappa shape index (κ2) is 8.76. The van der Waals surface area contributed by atoms with Crippen LogP contribution in [-0.2, 0) is 4.79 Å². The van der Waals surface area contributed by atoms with Crippen molar-refractivity contribution in [2.45, 2.75) is 38.2 Å². The van der Waals surface area contributed by atoms with E-state index >= 15 is 0 Å². The number of carboxylic acids is 1. The summed E-state index contributed by atoms with van der Waals surface area (Å²) in [5.41, 5.74) is 0.663. The van der Waals surface area contributed by atoms with Gasteiger partial charge in [0, 0.05) is 19.9 Å². The van der Waals surface area contributed by atoms with Gasteiger partial charge in [-0.1, -0.05) is 12.1 Å². The third-order valence-corrected chi connectivity index (χ3v) is 4.70. The van der Waals surface area contributed by atoms with Crippen LogP contribution in [-0.4, -0.2) is 52.8 Å². The van der Waals surface area contributed by atoms with Gasteiger partial charge in [0.15, 0.2) is 12.4 Å². The van der Waals surface area contributed by atoms with Crippen LogP contribution in [0.15, 0.2) is 30.6 Å². The molecule has 0 bridgehead atoms. The molecule has 2 atom stereocenters. The summed E-state index contributed by atoms with van der Waals surface area (Å²) in [6, 6.07) is 6.77. The van der Waals surface area contributed by atoms with Gasteiger partial charge in [-0.2, -0.15) is 9.37 Å². The lowest BCUT2D eigenvalue weighted by Gasteiger charge is -2.19. The van der Waals surface area contributed by atoms with Crippen molar-refractivity contribution < 1.29 is 32.5 Å². The first kappa shape index (κ1) is 21.7. The molecule has 1 aliphatic heterocycles. The van der Waals surface area contributed by atoms with E-state index in [-0.39, 0.29) is 11.9 Å². The average Bonchev–Trinajstić information content (AvgIpc) is 3.14. The topological polar surface area (TPSA) is 84.8 Å². The largest absolute Gasteiger partial charge is 0.489 e. The maximum absolute atomic E-state index is 14.6. The van der Waals surface area contributed by atoms with Gasteiger partial charge < -0.3 is 19.5 Å². The summed E-state index contributed by atoms with van der Waals surface area (Å²) in [6.07, 6.45) is 1.42. The molecule has 1 aromatic carbocycles. The van der Waals surface area contributed by atoms with Crippen LogP contribution in [0, 0.1) is 5.82 Å². The average molecular weight is 425 g/mol. The van der Waals surface area contributed by atoms with Gasteiger partial charge in [-0.25, -0.2) is 13.8 Å².